The Labute approximate surface area is 182 Å². The van der Waals surface area contributed by atoms with Crippen molar-refractivity contribution in [2.45, 2.75) is 44.2 Å². The third-order valence-corrected chi connectivity index (χ3v) is 7.66. The molecular weight excluding hydrogens is 416 g/mol. The number of pyridine rings is 1. The lowest BCUT2D eigenvalue weighted by atomic mass is 9.98. The molecule has 31 heavy (non-hydrogen) atoms. The molecule has 8 nitrogen and oxygen atoms in total. The molecule has 0 radical (unpaired) electrons. The molecule has 1 aliphatic heterocycles. The molecule has 2 aromatic heterocycles. The number of rotatable bonds is 6. The Hall–Kier alpha value is -2.65. The van der Waals surface area contributed by atoms with E-state index in [2.05, 4.69) is 4.98 Å². The van der Waals surface area contributed by atoms with E-state index in [1.165, 1.54) is 4.31 Å². The molecule has 1 aromatic carbocycles. The van der Waals surface area contributed by atoms with Crippen LogP contribution >= 0.6 is 0 Å². The number of aromatic nitrogens is 3. The first kappa shape index (κ1) is 21.6. The highest BCUT2D eigenvalue weighted by molar-refractivity contribution is 7.89. The van der Waals surface area contributed by atoms with Gasteiger partial charge in [0.1, 0.15) is 5.75 Å². The molecule has 166 valence electrons. The van der Waals surface area contributed by atoms with Crippen molar-refractivity contribution in [1.82, 2.24) is 18.4 Å². The van der Waals surface area contributed by atoms with Gasteiger partial charge in [-0.25, -0.2) is 18.2 Å². The molecule has 0 amide bonds. The SMILES string of the molecule is CC(C)Oc1ccc(S(=O)(=O)N2CCC(Cn3c(=O)n(C)c4cccnc43)CC2)cc1. The summed E-state index contributed by atoms with van der Waals surface area (Å²) in [6.45, 7) is 5.27. The Bertz CT molecular complexity index is 1220. The van der Waals surface area contributed by atoms with Gasteiger partial charge >= 0.3 is 5.69 Å². The van der Waals surface area contributed by atoms with Gasteiger partial charge in [0, 0.05) is 32.9 Å². The highest BCUT2D eigenvalue weighted by Gasteiger charge is 2.30. The number of ether oxygens (including phenoxy) is 1. The molecule has 0 aliphatic carbocycles. The molecule has 0 bridgehead atoms. The van der Waals surface area contributed by atoms with Gasteiger partial charge in [-0.1, -0.05) is 0 Å². The first-order chi connectivity index (χ1) is 14.8. The van der Waals surface area contributed by atoms with Crippen molar-refractivity contribution < 1.29 is 13.2 Å². The summed E-state index contributed by atoms with van der Waals surface area (Å²) in [5.41, 5.74) is 1.39. The molecule has 1 fully saturated rings. The van der Waals surface area contributed by atoms with Crippen molar-refractivity contribution in [3.63, 3.8) is 0 Å². The highest BCUT2D eigenvalue weighted by atomic mass is 32.2. The molecule has 0 unspecified atom stereocenters. The largest absolute Gasteiger partial charge is 0.491 e. The Morgan fingerprint density at radius 2 is 1.81 bits per heavy atom. The normalized spacial score (nSPS) is 16.3. The maximum absolute atomic E-state index is 13.0. The van der Waals surface area contributed by atoms with Gasteiger partial charge in [0.25, 0.3) is 0 Å². The van der Waals surface area contributed by atoms with E-state index in [1.807, 2.05) is 26.0 Å². The summed E-state index contributed by atoms with van der Waals surface area (Å²) in [6, 6.07) is 10.3. The lowest BCUT2D eigenvalue weighted by Crippen LogP contribution is -2.40. The molecule has 4 rings (SSSR count). The summed E-state index contributed by atoms with van der Waals surface area (Å²) in [7, 11) is -1.80. The van der Waals surface area contributed by atoms with Crippen molar-refractivity contribution in [3.8, 4) is 5.75 Å². The molecule has 3 aromatic rings. The zero-order valence-electron chi connectivity index (χ0n) is 18.1. The van der Waals surface area contributed by atoms with Crippen LogP contribution in [0.2, 0.25) is 0 Å². The van der Waals surface area contributed by atoms with Crippen molar-refractivity contribution in [1.29, 1.82) is 0 Å². The third kappa shape index (κ3) is 4.24. The van der Waals surface area contributed by atoms with Gasteiger partial charge in [-0.2, -0.15) is 4.31 Å². The van der Waals surface area contributed by atoms with E-state index in [-0.39, 0.29) is 22.6 Å². The number of imidazole rings is 1. The van der Waals surface area contributed by atoms with E-state index in [4.69, 9.17) is 4.74 Å². The minimum atomic E-state index is -3.55. The van der Waals surface area contributed by atoms with Crippen LogP contribution < -0.4 is 10.4 Å². The molecule has 0 N–H and O–H groups in total. The van der Waals surface area contributed by atoms with Crippen molar-refractivity contribution >= 4 is 21.2 Å². The molecule has 9 heteroatoms. The number of nitrogens with zero attached hydrogens (tertiary/aromatic N) is 4. The average Bonchev–Trinajstić information content (AvgIpc) is 2.99. The van der Waals surface area contributed by atoms with E-state index in [9.17, 15) is 13.2 Å². The Balaban J connectivity index is 1.44. The lowest BCUT2D eigenvalue weighted by Gasteiger charge is -2.31. The maximum Gasteiger partial charge on any atom is 0.330 e. The van der Waals surface area contributed by atoms with Crippen LogP contribution in [0.4, 0.5) is 0 Å². The second kappa shape index (κ2) is 8.47. The predicted octanol–water partition coefficient (Wildman–Crippen LogP) is 2.62. The fraction of sp³-hybridized carbons (Fsp3) is 0.455. The average molecular weight is 445 g/mol. The summed E-state index contributed by atoms with van der Waals surface area (Å²) < 4.78 is 36.5. The topological polar surface area (TPSA) is 86.4 Å². The molecule has 3 heterocycles. The van der Waals surface area contributed by atoms with E-state index in [0.717, 1.165) is 5.52 Å². The van der Waals surface area contributed by atoms with Crippen LogP contribution in [-0.4, -0.2) is 46.0 Å². The van der Waals surface area contributed by atoms with Crippen LogP contribution in [0.3, 0.4) is 0 Å². The minimum absolute atomic E-state index is 0.0333. The molecule has 0 spiro atoms. The summed E-state index contributed by atoms with van der Waals surface area (Å²) in [5, 5.41) is 0. The maximum atomic E-state index is 13.0. The van der Waals surface area contributed by atoms with Gasteiger partial charge in [0.2, 0.25) is 10.0 Å². The van der Waals surface area contributed by atoms with Crippen LogP contribution in [0, 0.1) is 5.92 Å². The second-order valence-electron chi connectivity index (χ2n) is 8.28. The van der Waals surface area contributed by atoms with Gasteiger partial charge in [-0.15, -0.1) is 0 Å². The summed E-state index contributed by atoms with van der Waals surface area (Å²) in [5.74, 6) is 0.875. The number of benzene rings is 1. The summed E-state index contributed by atoms with van der Waals surface area (Å²) >= 11 is 0. The number of aryl methyl sites for hydroxylation is 1. The van der Waals surface area contributed by atoms with E-state index in [0.29, 0.717) is 43.9 Å². The van der Waals surface area contributed by atoms with Crippen LogP contribution in [0.15, 0.2) is 52.3 Å². The molecular formula is C22H28N4O4S. The van der Waals surface area contributed by atoms with Gasteiger partial charge in [-0.3, -0.25) is 9.13 Å². The Morgan fingerprint density at radius 3 is 2.45 bits per heavy atom. The van der Waals surface area contributed by atoms with Gasteiger partial charge in [0.05, 0.1) is 16.5 Å². The number of piperidine rings is 1. The standard InChI is InChI=1S/C22H28N4O4S/c1-16(2)30-18-6-8-19(9-7-18)31(28,29)25-13-10-17(11-14-25)15-26-21-20(5-4-12-23-21)24(3)22(26)27/h4-9,12,16-17H,10-11,13-15H2,1-3H3. The van der Waals surface area contributed by atoms with Crippen LogP contribution in [0.25, 0.3) is 11.2 Å². The van der Waals surface area contributed by atoms with E-state index < -0.39 is 10.0 Å². The molecule has 1 saturated heterocycles. The molecule has 0 saturated carbocycles. The van der Waals surface area contributed by atoms with E-state index >= 15 is 0 Å². The lowest BCUT2D eigenvalue weighted by molar-refractivity contribution is 0.242. The zero-order valence-corrected chi connectivity index (χ0v) is 18.9. The van der Waals surface area contributed by atoms with Crippen molar-refractivity contribution in [2.24, 2.45) is 13.0 Å². The second-order valence-corrected chi connectivity index (χ2v) is 10.2. The zero-order chi connectivity index (χ0) is 22.2. The predicted molar refractivity (Wildman–Crippen MR) is 119 cm³/mol. The third-order valence-electron chi connectivity index (χ3n) is 5.75. The Kier molecular flexibility index (Phi) is 5.90. The van der Waals surface area contributed by atoms with Crippen LogP contribution in [0.1, 0.15) is 26.7 Å². The summed E-state index contributed by atoms with van der Waals surface area (Å²) in [6.07, 6.45) is 3.11. The highest BCUT2D eigenvalue weighted by Crippen LogP contribution is 2.26. The number of fused-ring (bicyclic) bond motifs is 1. The fourth-order valence-corrected chi connectivity index (χ4v) is 5.57. The Morgan fingerprint density at radius 1 is 1.13 bits per heavy atom. The van der Waals surface area contributed by atoms with E-state index in [1.54, 1.807) is 46.6 Å². The monoisotopic (exact) mass is 444 g/mol. The van der Waals surface area contributed by atoms with Crippen molar-refractivity contribution in [3.05, 3.63) is 53.1 Å². The molecule has 1 aliphatic rings. The summed E-state index contributed by atoms with van der Waals surface area (Å²) in [4.78, 5) is 17.3. The van der Waals surface area contributed by atoms with Gasteiger partial charge in [0.15, 0.2) is 5.65 Å². The first-order valence-electron chi connectivity index (χ1n) is 10.5. The number of hydrogen-bond acceptors (Lipinski definition) is 5. The number of hydrogen-bond donors (Lipinski definition) is 0. The van der Waals surface area contributed by atoms with Crippen LogP contribution in [0.5, 0.6) is 5.75 Å². The van der Waals surface area contributed by atoms with Crippen molar-refractivity contribution in [2.75, 3.05) is 13.1 Å². The smallest absolute Gasteiger partial charge is 0.330 e. The van der Waals surface area contributed by atoms with Gasteiger partial charge in [-0.05, 0) is 69.0 Å². The number of sulfonamides is 1. The van der Waals surface area contributed by atoms with Crippen LogP contribution in [-0.2, 0) is 23.6 Å². The first-order valence-corrected chi connectivity index (χ1v) is 12.0. The van der Waals surface area contributed by atoms with Gasteiger partial charge < -0.3 is 4.74 Å². The molecule has 0 atom stereocenters. The fourth-order valence-electron chi connectivity index (χ4n) is 4.10. The minimum Gasteiger partial charge on any atom is -0.491 e. The quantitative estimate of drug-likeness (QED) is 0.583.